The monoisotopic (exact) mass is 679 g/mol. The van der Waals surface area contributed by atoms with Crippen molar-refractivity contribution in [1.82, 2.24) is 0 Å². The lowest BCUT2D eigenvalue weighted by molar-refractivity contribution is -0.385. The third kappa shape index (κ3) is 15.0. The average Bonchev–Trinajstić information content (AvgIpc) is 3.00. The zero-order chi connectivity index (χ0) is 35.5. The number of unbranched alkanes of at least 4 members (excludes halogenated alkanes) is 12. The number of nitro groups is 1. The second-order valence-corrected chi connectivity index (χ2v) is 12.2. The van der Waals surface area contributed by atoms with Gasteiger partial charge in [-0.25, -0.2) is 0 Å². The van der Waals surface area contributed by atoms with Gasteiger partial charge >= 0.3 is 23.9 Å². The molecule has 5 atom stereocenters. The smallest absolute Gasteiger partial charge is 0.303 e. The number of benzene rings is 1. The van der Waals surface area contributed by atoms with Crippen LogP contribution in [0, 0.1) is 10.1 Å². The first-order chi connectivity index (χ1) is 22.9. The summed E-state index contributed by atoms with van der Waals surface area (Å²) in [7, 11) is 0. The summed E-state index contributed by atoms with van der Waals surface area (Å²) in [5.74, 6) is -2.75. The van der Waals surface area contributed by atoms with Crippen molar-refractivity contribution in [2.75, 3.05) is 6.61 Å². The van der Waals surface area contributed by atoms with Crippen LogP contribution in [0.25, 0.3) is 0 Å². The molecule has 1 fully saturated rings. The topological polar surface area (TPSA) is 167 Å². The second kappa shape index (κ2) is 22.0. The molecule has 0 amide bonds. The number of nitro benzene ring substituents is 1. The van der Waals surface area contributed by atoms with Gasteiger partial charge in [0, 0.05) is 39.3 Å². The molecule has 2 rings (SSSR count). The van der Waals surface area contributed by atoms with E-state index in [0.717, 1.165) is 46.5 Å². The van der Waals surface area contributed by atoms with Crippen LogP contribution in [0.15, 0.2) is 18.2 Å². The summed E-state index contributed by atoms with van der Waals surface area (Å²) in [5.41, 5.74) is 0.411. The van der Waals surface area contributed by atoms with Crippen molar-refractivity contribution in [2.45, 2.75) is 155 Å². The van der Waals surface area contributed by atoms with Crippen LogP contribution in [0.2, 0.25) is 0 Å². The molecule has 0 unspecified atom stereocenters. The maximum Gasteiger partial charge on any atom is 0.303 e. The fourth-order valence-corrected chi connectivity index (χ4v) is 5.76. The summed E-state index contributed by atoms with van der Waals surface area (Å²) < 4.78 is 33.4. The fraction of sp³-hybridized carbons (Fsp3) is 0.714. The van der Waals surface area contributed by atoms with Crippen LogP contribution in [0.3, 0.4) is 0 Å². The number of nitrogens with zero attached hydrogens (tertiary/aromatic N) is 1. The molecule has 0 spiro atoms. The number of hydrogen-bond donors (Lipinski definition) is 0. The minimum atomic E-state index is -1.43. The summed E-state index contributed by atoms with van der Waals surface area (Å²) in [4.78, 5) is 59.1. The Balaban J connectivity index is 2.12. The van der Waals surface area contributed by atoms with Crippen LogP contribution in [0.1, 0.15) is 124 Å². The lowest BCUT2D eigenvalue weighted by atomic mass is 9.98. The zero-order valence-corrected chi connectivity index (χ0v) is 29.1. The van der Waals surface area contributed by atoms with Crippen LogP contribution in [-0.2, 0) is 49.3 Å². The van der Waals surface area contributed by atoms with Gasteiger partial charge in [-0.1, -0.05) is 84.0 Å². The normalized spacial score (nSPS) is 20.4. The minimum Gasteiger partial charge on any atom is -0.463 e. The van der Waals surface area contributed by atoms with Crippen molar-refractivity contribution in [3.8, 4) is 5.75 Å². The molecule has 13 heteroatoms. The number of esters is 4. The van der Waals surface area contributed by atoms with E-state index in [9.17, 15) is 29.3 Å². The Morgan fingerprint density at radius 1 is 0.708 bits per heavy atom. The molecule has 1 aromatic carbocycles. The van der Waals surface area contributed by atoms with Crippen LogP contribution in [0.5, 0.6) is 5.75 Å². The molecule has 0 bridgehead atoms. The predicted molar refractivity (Wildman–Crippen MR) is 175 cm³/mol. The average molecular weight is 680 g/mol. The summed E-state index contributed by atoms with van der Waals surface area (Å²) >= 11 is 0. The van der Waals surface area contributed by atoms with Gasteiger partial charge < -0.3 is 28.4 Å². The Morgan fingerprint density at radius 3 is 1.71 bits per heavy atom. The van der Waals surface area contributed by atoms with Gasteiger partial charge in [0.15, 0.2) is 12.2 Å². The molecule has 270 valence electrons. The Kier molecular flexibility index (Phi) is 18.5. The molecule has 0 radical (unpaired) electrons. The van der Waals surface area contributed by atoms with Crippen LogP contribution >= 0.6 is 0 Å². The zero-order valence-electron chi connectivity index (χ0n) is 29.1. The van der Waals surface area contributed by atoms with Crippen molar-refractivity contribution in [1.29, 1.82) is 0 Å². The molecule has 0 saturated carbocycles. The fourth-order valence-electron chi connectivity index (χ4n) is 5.76. The summed E-state index contributed by atoms with van der Waals surface area (Å²) in [6.45, 7) is 6.39. The Morgan fingerprint density at radius 2 is 1.21 bits per heavy atom. The van der Waals surface area contributed by atoms with Gasteiger partial charge in [0.1, 0.15) is 18.5 Å². The Labute approximate surface area is 283 Å². The van der Waals surface area contributed by atoms with E-state index < -0.39 is 66.1 Å². The molecule has 0 N–H and O–H groups in total. The van der Waals surface area contributed by atoms with E-state index in [1.807, 2.05) is 0 Å². The summed E-state index contributed by atoms with van der Waals surface area (Å²) in [5, 5.41) is 11.8. The van der Waals surface area contributed by atoms with Gasteiger partial charge in [-0.3, -0.25) is 29.3 Å². The largest absolute Gasteiger partial charge is 0.463 e. The lowest BCUT2D eigenvalue weighted by Crippen LogP contribution is -2.63. The third-order valence-electron chi connectivity index (χ3n) is 8.00. The number of carbonyl (C=O) groups is 4. The van der Waals surface area contributed by atoms with Gasteiger partial charge in [-0.2, -0.15) is 0 Å². The molecule has 0 aromatic heterocycles. The highest BCUT2D eigenvalue weighted by atomic mass is 16.7. The first-order valence-electron chi connectivity index (χ1n) is 17.2. The summed E-state index contributed by atoms with van der Waals surface area (Å²) in [6.07, 6.45) is 9.12. The molecule has 1 heterocycles. The standard InChI is InChI=1S/C35H53NO12/c1-6-7-8-9-10-11-12-13-14-15-16-17-18-19-28-22-29(20-21-30(28)36(41)42)47-35-34(46-27(5)40)33(45-26(4)39)32(44-25(3)38)31(48-35)23-43-24(2)37/h20-22,31-35H,6-19,23H2,1-5H3/t31-,32+,33+,34-,35+/m0/s1. The van der Waals surface area contributed by atoms with E-state index >= 15 is 0 Å². The molecule has 13 nitrogen and oxygen atoms in total. The maximum atomic E-state index is 12.1. The third-order valence-corrected chi connectivity index (χ3v) is 8.00. The van der Waals surface area contributed by atoms with E-state index in [-0.39, 0.29) is 11.4 Å². The van der Waals surface area contributed by atoms with E-state index in [2.05, 4.69) is 6.92 Å². The number of carbonyl (C=O) groups excluding carboxylic acids is 4. The highest BCUT2D eigenvalue weighted by Crippen LogP contribution is 2.33. The molecule has 48 heavy (non-hydrogen) atoms. The SMILES string of the molecule is CCCCCCCCCCCCCCCc1cc(O[C@@H]2O[C@@H](COC(C)=O)[C@@H](OC(C)=O)[C@@H](OC(C)=O)[C@@H]2OC(C)=O)ccc1[N+](=O)[O-]. The van der Waals surface area contributed by atoms with Gasteiger partial charge in [-0.05, 0) is 25.0 Å². The van der Waals surface area contributed by atoms with Crippen molar-refractivity contribution in [3.63, 3.8) is 0 Å². The number of aryl methyl sites for hydroxylation is 1. The van der Waals surface area contributed by atoms with Crippen LogP contribution in [0.4, 0.5) is 5.69 Å². The van der Waals surface area contributed by atoms with Crippen molar-refractivity contribution >= 4 is 29.6 Å². The van der Waals surface area contributed by atoms with Crippen LogP contribution in [-0.4, -0.2) is 66.1 Å². The van der Waals surface area contributed by atoms with E-state index in [1.54, 1.807) is 0 Å². The lowest BCUT2D eigenvalue weighted by Gasteiger charge is -2.43. The van der Waals surface area contributed by atoms with Gasteiger partial charge in [0.05, 0.1) is 4.92 Å². The first-order valence-corrected chi connectivity index (χ1v) is 17.2. The summed E-state index contributed by atoms with van der Waals surface area (Å²) in [6, 6.07) is 4.25. The Bertz CT molecular complexity index is 1190. The molecular formula is C35H53NO12. The molecule has 0 aliphatic carbocycles. The minimum absolute atomic E-state index is 0.0529. The molecule has 1 saturated heterocycles. The van der Waals surface area contributed by atoms with E-state index in [1.165, 1.54) is 82.9 Å². The number of hydrogen-bond acceptors (Lipinski definition) is 12. The first kappa shape index (κ1) is 40.4. The highest BCUT2D eigenvalue weighted by Gasteiger charge is 2.53. The predicted octanol–water partition coefficient (Wildman–Crippen LogP) is 6.69. The second-order valence-electron chi connectivity index (χ2n) is 12.2. The molecule has 1 aromatic rings. The van der Waals surface area contributed by atoms with Gasteiger partial charge in [-0.15, -0.1) is 0 Å². The van der Waals surface area contributed by atoms with Crippen molar-refractivity contribution in [3.05, 3.63) is 33.9 Å². The van der Waals surface area contributed by atoms with Gasteiger partial charge in [0.25, 0.3) is 5.69 Å². The molecular weight excluding hydrogens is 626 g/mol. The highest BCUT2D eigenvalue weighted by molar-refractivity contribution is 5.68. The Hall–Kier alpha value is -3.74. The van der Waals surface area contributed by atoms with Gasteiger partial charge in [0.2, 0.25) is 12.4 Å². The molecule has 1 aliphatic heterocycles. The van der Waals surface area contributed by atoms with E-state index in [4.69, 9.17) is 28.4 Å². The van der Waals surface area contributed by atoms with Crippen molar-refractivity contribution in [2.24, 2.45) is 0 Å². The maximum absolute atomic E-state index is 12.1. The van der Waals surface area contributed by atoms with Crippen LogP contribution < -0.4 is 4.74 Å². The quantitative estimate of drug-likeness (QED) is 0.0419. The van der Waals surface area contributed by atoms with Crippen molar-refractivity contribution < 1.29 is 52.5 Å². The molecule has 1 aliphatic rings. The number of rotatable bonds is 22. The number of ether oxygens (including phenoxy) is 6. The van der Waals surface area contributed by atoms with E-state index in [0.29, 0.717) is 12.0 Å².